The fourth-order valence-electron chi connectivity index (χ4n) is 1.74. The summed E-state index contributed by atoms with van der Waals surface area (Å²) in [7, 11) is 0. The largest absolute Gasteiger partial charge is 0.491 e. The molecular formula is C15H19N3O. The van der Waals surface area contributed by atoms with E-state index in [0.717, 1.165) is 16.9 Å². The molecule has 0 fully saturated rings. The predicted molar refractivity (Wildman–Crippen MR) is 75.0 cm³/mol. The molecule has 1 aromatic carbocycles. The van der Waals surface area contributed by atoms with Crippen molar-refractivity contribution in [2.75, 3.05) is 0 Å². The van der Waals surface area contributed by atoms with Gasteiger partial charge in [-0.1, -0.05) is 12.1 Å². The van der Waals surface area contributed by atoms with E-state index in [1.165, 1.54) is 0 Å². The summed E-state index contributed by atoms with van der Waals surface area (Å²) >= 11 is 0. The van der Waals surface area contributed by atoms with Gasteiger partial charge in [0.15, 0.2) is 0 Å². The Bertz CT molecular complexity index is 520. The zero-order valence-electron chi connectivity index (χ0n) is 11.5. The van der Waals surface area contributed by atoms with Gasteiger partial charge in [0, 0.05) is 12.4 Å². The molecule has 1 heterocycles. The van der Waals surface area contributed by atoms with Crippen molar-refractivity contribution in [2.45, 2.75) is 32.9 Å². The molecule has 0 aliphatic rings. The highest BCUT2D eigenvalue weighted by molar-refractivity contribution is 5.31. The standard InChI is InChI=1S/C15H19N3O/c1-10(2)19-13-6-4-12(5-7-13)14(16)15-17-8-11(3)9-18-15/h4-10,14H,16H2,1-3H3. The zero-order valence-corrected chi connectivity index (χ0v) is 11.5. The highest BCUT2D eigenvalue weighted by Crippen LogP contribution is 2.20. The van der Waals surface area contributed by atoms with Crippen LogP contribution in [0.15, 0.2) is 36.7 Å². The lowest BCUT2D eigenvalue weighted by Crippen LogP contribution is -2.15. The number of hydrogen-bond acceptors (Lipinski definition) is 4. The number of ether oxygens (including phenoxy) is 1. The quantitative estimate of drug-likeness (QED) is 0.914. The SMILES string of the molecule is Cc1cnc(C(N)c2ccc(OC(C)C)cc2)nc1. The first-order valence-electron chi connectivity index (χ1n) is 6.37. The Hall–Kier alpha value is -1.94. The molecule has 19 heavy (non-hydrogen) atoms. The Morgan fingerprint density at radius 3 is 2.16 bits per heavy atom. The van der Waals surface area contributed by atoms with Gasteiger partial charge >= 0.3 is 0 Å². The molecule has 1 aromatic heterocycles. The summed E-state index contributed by atoms with van der Waals surface area (Å²) in [6.07, 6.45) is 3.72. The van der Waals surface area contributed by atoms with Crippen molar-refractivity contribution in [3.8, 4) is 5.75 Å². The summed E-state index contributed by atoms with van der Waals surface area (Å²) in [6.45, 7) is 5.95. The number of aryl methyl sites for hydroxylation is 1. The zero-order chi connectivity index (χ0) is 13.8. The molecule has 0 spiro atoms. The van der Waals surface area contributed by atoms with Crippen molar-refractivity contribution in [2.24, 2.45) is 5.73 Å². The molecule has 1 unspecified atom stereocenters. The summed E-state index contributed by atoms with van der Waals surface area (Å²) in [4.78, 5) is 8.52. The van der Waals surface area contributed by atoms with Gasteiger partial charge in [-0.3, -0.25) is 0 Å². The van der Waals surface area contributed by atoms with Crippen LogP contribution in [0.3, 0.4) is 0 Å². The van der Waals surface area contributed by atoms with Gasteiger partial charge in [0.05, 0.1) is 12.1 Å². The van der Waals surface area contributed by atoms with Crippen molar-refractivity contribution in [3.63, 3.8) is 0 Å². The van der Waals surface area contributed by atoms with E-state index < -0.39 is 0 Å². The number of nitrogens with zero attached hydrogens (tertiary/aromatic N) is 2. The van der Waals surface area contributed by atoms with Crippen LogP contribution in [0.5, 0.6) is 5.75 Å². The summed E-state index contributed by atoms with van der Waals surface area (Å²) in [6, 6.07) is 7.43. The predicted octanol–water partition coefficient (Wildman–Crippen LogP) is 2.62. The van der Waals surface area contributed by atoms with Gasteiger partial charge in [-0.2, -0.15) is 0 Å². The van der Waals surface area contributed by atoms with Crippen molar-refractivity contribution in [1.82, 2.24) is 9.97 Å². The second kappa shape index (κ2) is 5.80. The highest BCUT2D eigenvalue weighted by atomic mass is 16.5. The Morgan fingerprint density at radius 2 is 1.63 bits per heavy atom. The third-order valence-corrected chi connectivity index (χ3v) is 2.69. The molecule has 2 N–H and O–H groups in total. The number of aromatic nitrogens is 2. The van der Waals surface area contributed by atoms with Crippen LogP contribution in [-0.4, -0.2) is 16.1 Å². The first-order chi connectivity index (χ1) is 9.06. The Balaban J connectivity index is 2.15. The lowest BCUT2D eigenvalue weighted by Gasteiger charge is -2.13. The molecule has 100 valence electrons. The molecule has 0 saturated carbocycles. The van der Waals surface area contributed by atoms with E-state index in [9.17, 15) is 0 Å². The van der Waals surface area contributed by atoms with Crippen LogP contribution in [-0.2, 0) is 0 Å². The Morgan fingerprint density at radius 1 is 1.05 bits per heavy atom. The van der Waals surface area contributed by atoms with Gasteiger partial charge in [-0.05, 0) is 44.0 Å². The average molecular weight is 257 g/mol. The number of nitrogens with two attached hydrogens (primary N) is 1. The molecule has 0 radical (unpaired) electrons. The molecule has 2 rings (SSSR count). The molecule has 0 saturated heterocycles. The van der Waals surface area contributed by atoms with Crippen LogP contribution in [0, 0.1) is 6.92 Å². The molecular weight excluding hydrogens is 238 g/mol. The van der Waals surface area contributed by atoms with Crippen LogP contribution in [0.2, 0.25) is 0 Å². The minimum absolute atomic E-state index is 0.167. The summed E-state index contributed by atoms with van der Waals surface area (Å²) < 4.78 is 5.60. The molecule has 0 amide bonds. The van der Waals surface area contributed by atoms with E-state index >= 15 is 0 Å². The molecule has 0 aliphatic carbocycles. The smallest absolute Gasteiger partial charge is 0.149 e. The Labute approximate surface area is 113 Å². The average Bonchev–Trinajstić information content (AvgIpc) is 2.39. The van der Waals surface area contributed by atoms with Crippen molar-refractivity contribution >= 4 is 0 Å². The third-order valence-electron chi connectivity index (χ3n) is 2.69. The topological polar surface area (TPSA) is 61.0 Å². The molecule has 0 aliphatic heterocycles. The van der Waals surface area contributed by atoms with E-state index in [0.29, 0.717) is 5.82 Å². The molecule has 4 nitrogen and oxygen atoms in total. The van der Waals surface area contributed by atoms with Crippen LogP contribution in [0.1, 0.15) is 36.8 Å². The summed E-state index contributed by atoms with van der Waals surface area (Å²) in [5.74, 6) is 1.47. The van der Waals surface area contributed by atoms with E-state index in [1.54, 1.807) is 12.4 Å². The fourth-order valence-corrected chi connectivity index (χ4v) is 1.74. The summed E-state index contributed by atoms with van der Waals surface area (Å²) in [5, 5.41) is 0. The van der Waals surface area contributed by atoms with Crippen LogP contribution < -0.4 is 10.5 Å². The van der Waals surface area contributed by atoms with Crippen LogP contribution >= 0.6 is 0 Å². The fraction of sp³-hybridized carbons (Fsp3) is 0.333. The van der Waals surface area contributed by atoms with Gasteiger partial charge in [0.2, 0.25) is 0 Å². The maximum atomic E-state index is 6.15. The van der Waals surface area contributed by atoms with Gasteiger partial charge in [0.25, 0.3) is 0 Å². The Kier molecular flexibility index (Phi) is 4.12. The van der Waals surface area contributed by atoms with Crippen LogP contribution in [0.4, 0.5) is 0 Å². The molecule has 4 heteroatoms. The van der Waals surface area contributed by atoms with Crippen molar-refractivity contribution in [1.29, 1.82) is 0 Å². The van der Waals surface area contributed by atoms with Crippen LogP contribution in [0.25, 0.3) is 0 Å². The molecule has 0 bridgehead atoms. The molecule has 2 aromatic rings. The first kappa shape index (κ1) is 13.5. The lowest BCUT2D eigenvalue weighted by molar-refractivity contribution is 0.242. The normalized spacial score (nSPS) is 12.5. The number of benzene rings is 1. The van der Waals surface area contributed by atoms with Gasteiger partial charge in [-0.25, -0.2) is 9.97 Å². The van der Waals surface area contributed by atoms with E-state index in [-0.39, 0.29) is 12.1 Å². The monoisotopic (exact) mass is 257 g/mol. The maximum absolute atomic E-state index is 6.15. The second-order valence-corrected chi connectivity index (χ2v) is 4.83. The minimum atomic E-state index is -0.311. The van der Waals surface area contributed by atoms with E-state index in [2.05, 4.69) is 9.97 Å². The number of hydrogen-bond donors (Lipinski definition) is 1. The number of rotatable bonds is 4. The van der Waals surface area contributed by atoms with E-state index in [4.69, 9.17) is 10.5 Å². The lowest BCUT2D eigenvalue weighted by atomic mass is 10.1. The van der Waals surface area contributed by atoms with Crippen molar-refractivity contribution in [3.05, 3.63) is 53.6 Å². The van der Waals surface area contributed by atoms with Gasteiger partial charge < -0.3 is 10.5 Å². The third kappa shape index (κ3) is 3.51. The summed E-state index contributed by atoms with van der Waals surface area (Å²) in [5.41, 5.74) is 8.15. The minimum Gasteiger partial charge on any atom is -0.491 e. The van der Waals surface area contributed by atoms with Gasteiger partial charge in [-0.15, -0.1) is 0 Å². The first-order valence-corrected chi connectivity index (χ1v) is 6.37. The highest BCUT2D eigenvalue weighted by Gasteiger charge is 2.11. The maximum Gasteiger partial charge on any atom is 0.149 e. The van der Waals surface area contributed by atoms with Gasteiger partial charge in [0.1, 0.15) is 11.6 Å². The second-order valence-electron chi connectivity index (χ2n) is 4.83. The van der Waals surface area contributed by atoms with Crippen molar-refractivity contribution < 1.29 is 4.74 Å². The molecule has 1 atom stereocenters. The van der Waals surface area contributed by atoms with E-state index in [1.807, 2.05) is 45.0 Å².